The lowest BCUT2D eigenvalue weighted by molar-refractivity contribution is -0.151. The quantitative estimate of drug-likeness (QED) is 0.770. The largest absolute Gasteiger partial charge is 0.339 e. The number of nitrogens with two attached hydrogens (primary N) is 1. The van der Waals surface area contributed by atoms with Crippen LogP contribution in [0.1, 0.15) is 33.1 Å². The third kappa shape index (κ3) is 2.08. The number of hydrogen-bond donors (Lipinski definition) is 1. The van der Waals surface area contributed by atoms with Gasteiger partial charge in [0, 0.05) is 31.7 Å². The highest BCUT2D eigenvalue weighted by atomic mass is 16.2. The fourth-order valence-electron chi connectivity index (χ4n) is 2.86. The number of likely N-dealkylation sites (N-methyl/N-ethyl adjacent to an activating group) is 1. The lowest BCUT2D eigenvalue weighted by Crippen LogP contribution is -2.62. The van der Waals surface area contributed by atoms with Gasteiger partial charge >= 0.3 is 0 Å². The molecule has 0 aromatic carbocycles. The van der Waals surface area contributed by atoms with E-state index >= 15 is 0 Å². The Morgan fingerprint density at radius 1 is 1.29 bits per heavy atom. The fraction of sp³-hybridized carbons (Fsp3) is 0.923. The van der Waals surface area contributed by atoms with Crippen LogP contribution in [0.5, 0.6) is 0 Å². The molecule has 0 aromatic rings. The van der Waals surface area contributed by atoms with E-state index in [2.05, 4.69) is 25.8 Å². The average Bonchev–Trinajstić information content (AvgIpc) is 2.21. The lowest BCUT2D eigenvalue weighted by atomic mass is 9.67. The third-order valence-corrected chi connectivity index (χ3v) is 4.76. The third-order valence-electron chi connectivity index (χ3n) is 4.76. The second-order valence-corrected chi connectivity index (χ2v) is 6.30. The smallest absolute Gasteiger partial charge is 0.230 e. The highest BCUT2D eigenvalue weighted by molar-refractivity contribution is 5.84. The van der Waals surface area contributed by atoms with Crippen LogP contribution in [-0.2, 0) is 4.79 Å². The first-order valence-corrected chi connectivity index (χ1v) is 6.62. The maximum absolute atomic E-state index is 12.6. The monoisotopic (exact) mass is 239 g/mol. The van der Waals surface area contributed by atoms with Crippen molar-refractivity contribution in [3.05, 3.63) is 0 Å². The van der Waals surface area contributed by atoms with Crippen LogP contribution in [0.25, 0.3) is 0 Å². The average molecular weight is 239 g/mol. The van der Waals surface area contributed by atoms with Crippen LogP contribution in [-0.4, -0.2) is 54.5 Å². The van der Waals surface area contributed by atoms with Gasteiger partial charge in [0.2, 0.25) is 5.91 Å². The molecule has 0 aromatic heterocycles. The molecule has 2 rings (SSSR count). The Balaban J connectivity index is 2.06. The molecule has 2 fully saturated rings. The first kappa shape index (κ1) is 12.8. The number of amides is 1. The summed E-state index contributed by atoms with van der Waals surface area (Å²) in [6.45, 7) is 7.53. The number of hydrogen-bond acceptors (Lipinski definition) is 3. The molecule has 1 saturated heterocycles. The Hall–Kier alpha value is -0.610. The maximum atomic E-state index is 12.6. The van der Waals surface area contributed by atoms with Crippen LogP contribution < -0.4 is 5.73 Å². The fourth-order valence-corrected chi connectivity index (χ4v) is 2.86. The van der Waals surface area contributed by atoms with Crippen LogP contribution in [0.3, 0.4) is 0 Å². The predicted octanol–water partition coefficient (Wildman–Crippen LogP) is 0.668. The number of rotatable bonds is 2. The van der Waals surface area contributed by atoms with E-state index in [1.807, 2.05) is 4.90 Å². The van der Waals surface area contributed by atoms with Crippen molar-refractivity contribution in [2.24, 2.45) is 11.1 Å². The van der Waals surface area contributed by atoms with Crippen LogP contribution in [0.4, 0.5) is 0 Å². The summed E-state index contributed by atoms with van der Waals surface area (Å²) in [4.78, 5) is 16.9. The van der Waals surface area contributed by atoms with E-state index in [9.17, 15) is 4.79 Å². The number of nitrogens with zero attached hydrogens (tertiary/aromatic N) is 2. The van der Waals surface area contributed by atoms with Crippen LogP contribution >= 0.6 is 0 Å². The number of piperazine rings is 1. The van der Waals surface area contributed by atoms with Gasteiger partial charge in [-0.2, -0.15) is 0 Å². The minimum Gasteiger partial charge on any atom is -0.339 e. The van der Waals surface area contributed by atoms with Crippen molar-refractivity contribution in [3.8, 4) is 0 Å². The molecule has 0 radical (unpaired) electrons. The standard InChI is InChI=1S/C13H25N3O/c1-12(2)10-16(8-7-15(12)3)11(17)13(9-14)5-4-6-13/h4-10,14H2,1-3H3. The van der Waals surface area contributed by atoms with Gasteiger partial charge in [-0.15, -0.1) is 0 Å². The molecule has 2 aliphatic rings. The van der Waals surface area contributed by atoms with Crippen molar-refractivity contribution in [1.29, 1.82) is 0 Å². The van der Waals surface area contributed by atoms with Crippen molar-refractivity contribution >= 4 is 5.91 Å². The zero-order valence-electron chi connectivity index (χ0n) is 11.3. The summed E-state index contributed by atoms with van der Waals surface area (Å²) in [5.74, 6) is 0.299. The zero-order chi connectivity index (χ0) is 12.7. The molecule has 98 valence electrons. The molecule has 0 bridgehead atoms. The van der Waals surface area contributed by atoms with Crippen molar-refractivity contribution in [1.82, 2.24) is 9.80 Å². The van der Waals surface area contributed by atoms with Gasteiger partial charge in [-0.05, 0) is 33.7 Å². The second kappa shape index (κ2) is 4.25. The Morgan fingerprint density at radius 3 is 2.35 bits per heavy atom. The van der Waals surface area contributed by atoms with Crippen molar-refractivity contribution < 1.29 is 4.79 Å². The van der Waals surface area contributed by atoms with Crippen molar-refractivity contribution in [2.75, 3.05) is 33.2 Å². The molecule has 1 aliphatic heterocycles. The Kier molecular flexibility index (Phi) is 3.21. The molecule has 4 heteroatoms. The summed E-state index contributed by atoms with van der Waals surface area (Å²) in [6.07, 6.45) is 3.12. The highest BCUT2D eigenvalue weighted by Crippen LogP contribution is 2.42. The Labute approximate surface area is 104 Å². The number of carbonyl (C=O) groups excluding carboxylic acids is 1. The maximum Gasteiger partial charge on any atom is 0.230 e. The second-order valence-electron chi connectivity index (χ2n) is 6.30. The molecular weight excluding hydrogens is 214 g/mol. The minimum absolute atomic E-state index is 0.0768. The van der Waals surface area contributed by atoms with Gasteiger partial charge in [0.1, 0.15) is 0 Å². The number of carbonyl (C=O) groups is 1. The van der Waals surface area contributed by atoms with E-state index in [1.165, 1.54) is 0 Å². The van der Waals surface area contributed by atoms with Crippen LogP contribution in [0, 0.1) is 5.41 Å². The van der Waals surface area contributed by atoms with Gasteiger partial charge in [0.25, 0.3) is 0 Å². The summed E-state index contributed by atoms with van der Waals surface area (Å²) in [5.41, 5.74) is 5.67. The van der Waals surface area contributed by atoms with E-state index < -0.39 is 0 Å². The molecule has 17 heavy (non-hydrogen) atoms. The molecule has 2 N–H and O–H groups in total. The molecule has 4 nitrogen and oxygen atoms in total. The topological polar surface area (TPSA) is 49.6 Å². The van der Waals surface area contributed by atoms with Gasteiger partial charge in [-0.1, -0.05) is 6.42 Å². The normalized spacial score (nSPS) is 27.6. The van der Waals surface area contributed by atoms with E-state index in [0.717, 1.165) is 38.9 Å². The molecule has 0 unspecified atom stereocenters. The van der Waals surface area contributed by atoms with Crippen LogP contribution in [0.15, 0.2) is 0 Å². The predicted molar refractivity (Wildman–Crippen MR) is 68.6 cm³/mol. The van der Waals surface area contributed by atoms with E-state index in [0.29, 0.717) is 12.5 Å². The van der Waals surface area contributed by atoms with Crippen LogP contribution in [0.2, 0.25) is 0 Å². The first-order valence-electron chi connectivity index (χ1n) is 6.62. The summed E-state index contributed by atoms with van der Waals surface area (Å²) < 4.78 is 0. The van der Waals surface area contributed by atoms with Gasteiger partial charge in [0.15, 0.2) is 0 Å². The van der Waals surface area contributed by atoms with Crippen molar-refractivity contribution in [3.63, 3.8) is 0 Å². The molecule has 1 aliphatic carbocycles. The lowest BCUT2D eigenvalue weighted by Gasteiger charge is -2.49. The minimum atomic E-state index is -0.216. The van der Waals surface area contributed by atoms with Gasteiger partial charge in [-0.25, -0.2) is 0 Å². The summed E-state index contributed by atoms with van der Waals surface area (Å²) in [5, 5.41) is 0. The summed E-state index contributed by atoms with van der Waals surface area (Å²) in [6, 6.07) is 0. The SMILES string of the molecule is CN1CCN(C(=O)C2(CN)CCC2)CC1(C)C. The Morgan fingerprint density at radius 2 is 1.94 bits per heavy atom. The molecule has 1 amide bonds. The summed E-state index contributed by atoms with van der Waals surface area (Å²) in [7, 11) is 2.13. The van der Waals surface area contributed by atoms with Gasteiger partial charge < -0.3 is 10.6 Å². The van der Waals surface area contributed by atoms with E-state index in [1.54, 1.807) is 0 Å². The summed E-state index contributed by atoms with van der Waals surface area (Å²) >= 11 is 0. The molecular formula is C13H25N3O. The molecule has 0 atom stereocenters. The zero-order valence-corrected chi connectivity index (χ0v) is 11.3. The van der Waals surface area contributed by atoms with E-state index in [4.69, 9.17) is 5.73 Å². The molecule has 1 saturated carbocycles. The van der Waals surface area contributed by atoms with E-state index in [-0.39, 0.29) is 11.0 Å². The highest BCUT2D eigenvalue weighted by Gasteiger charge is 2.47. The van der Waals surface area contributed by atoms with Gasteiger partial charge in [0.05, 0.1) is 5.41 Å². The first-order chi connectivity index (χ1) is 7.91. The van der Waals surface area contributed by atoms with Gasteiger partial charge in [-0.3, -0.25) is 9.69 Å². The molecule has 0 spiro atoms. The van der Waals surface area contributed by atoms with Crippen molar-refractivity contribution in [2.45, 2.75) is 38.6 Å². The Bertz CT molecular complexity index is 304. The molecule has 1 heterocycles.